The Hall–Kier alpha value is -3.13. The second-order valence-corrected chi connectivity index (χ2v) is 8.88. The average Bonchev–Trinajstić information content (AvgIpc) is 2.75. The van der Waals surface area contributed by atoms with Crippen molar-refractivity contribution in [3.8, 4) is 5.75 Å². The molecule has 0 saturated carbocycles. The molecular formula is C23H26N2O5S. The number of hydrogen-bond acceptors (Lipinski definition) is 5. The maximum Gasteiger partial charge on any atom is 0.303 e. The molecule has 0 saturated heterocycles. The second-order valence-electron chi connectivity index (χ2n) is 7.22. The van der Waals surface area contributed by atoms with Gasteiger partial charge in [0.15, 0.2) is 0 Å². The van der Waals surface area contributed by atoms with E-state index in [-0.39, 0.29) is 11.3 Å². The van der Waals surface area contributed by atoms with E-state index in [4.69, 9.17) is 9.84 Å². The summed E-state index contributed by atoms with van der Waals surface area (Å²) in [6, 6.07) is 15.5. The quantitative estimate of drug-likeness (QED) is 0.389. The molecule has 1 heterocycles. The summed E-state index contributed by atoms with van der Waals surface area (Å²) in [4.78, 5) is 14.8. The zero-order chi connectivity index (χ0) is 22.1. The molecule has 1 aromatic heterocycles. The largest absolute Gasteiger partial charge is 0.494 e. The minimum atomic E-state index is -3.81. The third-order valence-electron chi connectivity index (χ3n) is 4.78. The molecule has 0 aliphatic heterocycles. The zero-order valence-electron chi connectivity index (χ0n) is 17.2. The predicted molar refractivity (Wildman–Crippen MR) is 120 cm³/mol. The van der Waals surface area contributed by atoms with E-state index in [0.29, 0.717) is 30.0 Å². The van der Waals surface area contributed by atoms with Gasteiger partial charge in [-0.2, -0.15) is 0 Å². The summed E-state index contributed by atoms with van der Waals surface area (Å²) < 4.78 is 34.2. The Morgan fingerprint density at radius 2 is 1.71 bits per heavy atom. The number of nitrogens with one attached hydrogen (secondary N) is 1. The third-order valence-corrected chi connectivity index (χ3v) is 6.19. The summed E-state index contributed by atoms with van der Waals surface area (Å²) >= 11 is 0. The molecule has 8 heteroatoms. The summed E-state index contributed by atoms with van der Waals surface area (Å²) in [5.74, 6) is -0.169. The van der Waals surface area contributed by atoms with Gasteiger partial charge in [0, 0.05) is 24.1 Å². The van der Waals surface area contributed by atoms with E-state index in [1.807, 2.05) is 12.1 Å². The van der Waals surface area contributed by atoms with Crippen LogP contribution in [0, 0.1) is 0 Å². The van der Waals surface area contributed by atoms with Crippen LogP contribution in [0.15, 0.2) is 65.7 Å². The number of aromatic nitrogens is 1. The molecule has 7 nitrogen and oxygen atoms in total. The Kier molecular flexibility index (Phi) is 7.83. The van der Waals surface area contributed by atoms with Crippen molar-refractivity contribution in [1.82, 2.24) is 4.98 Å². The van der Waals surface area contributed by atoms with E-state index in [9.17, 15) is 13.2 Å². The number of unbranched alkanes of at least 4 members (excludes halogenated alkanes) is 4. The van der Waals surface area contributed by atoms with Crippen molar-refractivity contribution < 1.29 is 23.1 Å². The van der Waals surface area contributed by atoms with Gasteiger partial charge < -0.3 is 9.84 Å². The highest BCUT2D eigenvalue weighted by Crippen LogP contribution is 2.25. The van der Waals surface area contributed by atoms with Crippen LogP contribution in [0.1, 0.15) is 38.5 Å². The van der Waals surface area contributed by atoms with E-state index < -0.39 is 16.0 Å². The normalized spacial score (nSPS) is 11.4. The number of ether oxygens (including phenoxy) is 1. The van der Waals surface area contributed by atoms with Gasteiger partial charge in [0.25, 0.3) is 10.0 Å². The number of rotatable bonds is 12. The molecule has 3 aromatic rings. The van der Waals surface area contributed by atoms with Crippen LogP contribution < -0.4 is 9.46 Å². The molecule has 0 atom stereocenters. The van der Waals surface area contributed by atoms with Crippen LogP contribution in [0.5, 0.6) is 5.75 Å². The Bertz CT molecular complexity index is 1130. The fraction of sp³-hybridized carbons (Fsp3) is 0.304. The number of benzene rings is 2. The monoisotopic (exact) mass is 442 g/mol. The Morgan fingerprint density at radius 1 is 0.968 bits per heavy atom. The highest BCUT2D eigenvalue weighted by Gasteiger charge is 2.18. The number of sulfonamides is 1. The first-order valence-electron chi connectivity index (χ1n) is 10.3. The number of carbonyl (C=O) groups is 1. The Balaban J connectivity index is 1.55. The number of hydrogen-bond donors (Lipinski definition) is 2. The Morgan fingerprint density at radius 3 is 2.55 bits per heavy atom. The average molecular weight is 443 g/mol. The van der Waals surface area contributed by atoms with Crippen LogP contribution in [0.4, 0.5) is 5.69 Å². The predicted octanol–water partition coefficient (Wildman–Crippen LogP) is 4.84. The summed E-state index contributed by atoms with van der Waals surface area (Å²) in [6.45, 7) is 0.516. The van der Waals surface area contributed by atoms with Crippen molar-refractivity contribution in [2.45, 2.75) is 43.4 Å². The number of fused-ring (bicyclic) bond motifs is 1. The molecule has 0 radical (unpaired) electrons. The zero-order valence-corrected chi connectivity index (χ0v) is 18.0. The van der Waals surface area contributed by atoms with Gasteiger partial charge in [-0.05, 0) is 37.1 Å². The number of pyridine rings is 1. The summed E-state index contributed by atoms with van der Waals surface area (Å²) in [5.41, 5.74) is 0.840. The summed E-state index contributed by atoms with van der Waals surface area (Å²) in [6.07, 6.45) is 6.16. The maximum absolute atomic E-state index is 12.9. The van der Waals surface area contributed by atoms with Crippen molar-refractivity contribution in [3.05, 3.63) is 60.8 Å². The van der Waals surface area contributed by atoms with Crippen LogP contribution >= 0.6 is 0 Å². The fourth-order valence-electron chi connectivity index (χ4n) is 3.25. The number of carboxylic acid groups (broad SMARTS) is 1. The van der Waals surface area contributed by atoms with E-state index in [0.717, 1.165) is 31.1 Å². The molecule has 0 aliphatic carbocycles. The van der Waals surface area contributed by atoms with Crippen LogP contribution in [-0.4, -0.2) is 31.1 Å². The summed E-state index contributed by atoms with van der Waals surface area (Å²) in [5, 5.41) is 9.37. The van der Waals surface area contributed by atoms with Gasteiger partial charge in [0.1, 0.15) is 10.6 Å². The van der Waals surface area contributed by atoms with Crippen LogP contribution in [0.2, 0.25) is 0 Å². The number of anilines is 1. The first-order chi connectivity index (χ1) is 15.0. The molecule has 31 heavy (non-hydrogen) atoms. The molecule has 2 aromatic carbocycles. The van der Waals surface area contributed by atoms with Crippen molar-refractivity contribution in [2.24, 2.45) is 0 Å². The molecule has 0 fully saturated rings. The number of aliphatic carboxylic acids is 1. The maximum atomic E-state index is 12.9. The van der Waals surface area contributed by atoms with Gasteiger partial charge in [-0.3, -0.25) is 14.5 Å². The van der Waals surface area contributed by atoms with Crippen LogP contribution in [-0.2, 0) is 14.8 Å². The van der Waals surface area contributed by atoms with Gasteiger partial charge in [0.05, 0.1) is 17.8 Å². The van der Waals surface area contributed by atoms with Crippen molar-refractivity contribution in [1.29, 1.82) is 0 Å². The SMILES string of the molecule is O=C(O)CCCCCCCOc1cccc(NS(=O)(=O)c2cccc3cccnc23)c1. The number of carboxylic acids is 1. The van der Waals surface area contributed by atoms with Gasteiger partial charge in [-0.15, -0.1) is 0 Å². The highest BCUT2D eigenvalue weighted by atomic mass is 32.2. The number of para-hydroxylation sites is 1. The van der Waals surface area contributed by atoms with E-state index in [1.165, 1.54) is 6.07 Å². The van der Waals surface area contributed by atoms with Gasteiger partial charge in [-0.25, -0.2) is 8.42 Å². The molecule has 0 unspecified atom stereocenters. The molecule has 2 N–H and O–H groups in total. The highest BCUT2D eigenvalue weighted by molar-refractivity contribution is 7.93. The molecule has 164 valence electrons. The molecule has 0 spiro atoms. The number of nitrogens with zero attached hydrogens (tertiary/aromatic N) is 1. The van der Waals surface area contributed by atoms with Crippen LogP contribution in [0.25, 0.3) is 10.9 Å². The molecule has 0 bridgehead atoms. The van der Waals surface area contributed by atoms with Crippen molar-refractivity contribution in [3.63, 3.8) is 0 Å². The van der Waals surface area contributed by atoms with E-state index >= 15 is 0 Å². The Labute approximate surface area is 182 Å². The fourth-order valence-corrected chi connectivity index (χ4v) is 4.48. The summed E-state index contributed by atoms with van der Waals surface area (Å²) in [7, 11) is -3.81. The van der Waals surface area contributed by atoms with Gasteiger partial charge in [-0.1, -0.05) is 43.5 Å². The van der Waals surface area contributed by atoms with E-state index in [1.54, 1.807) is 42.6 Å². The molecule has 0 amide bonds. The first kappa shape index (κ1) is 22.6. The minimum absolute atomic E-state index is 0.125. The lowest BCUT2D eigenvalue weighted by molar-refractivity contribution is -0.137. The first-order valence-corrected chi connectivity index (χ1v) is 11.8. The third kappa shape index (κ3) is 6.68. The molecule has 3 rings (SSSR count). The second kappa shape index (κ2) is 10.8. The minimum Gasteiger partial charge on any atom is -0.494 e. The standard InChI is InChI=1S/C23H26N2O5S/c26-22(27)14-4-2-1-3-5-16-30-20-12-7-11-19(17-20)25-31(28,29)21-13-6-9-18-10-8-15-24-23(18)21/h6-13,15,17,25H,1-5,14,16H2,(H,26,27). The van der Waals surface area contributed by atoms with Crippen molar-refractivity contribution >= 4 is 32.6 Å². The molecular weight excluding hydrogens is 416 g/mol. The van der Waals surface area contributed by atoms with Gasteiger partial charge >= 0.3 is 5.97 Å². The van der Waals surface area contributed by atoms with Crippen LogP contribution in [0.3, 0.4) is 0 Å². The van der Waals surface area contributed by atoms with Gasteiger partial charge in [0.2, 0.25) is 0 Å². The molecule has 0 aliphatic rings. The van der Waals surface area contributed by atoms with Crippen molar-refractivity contribution in [2.75, 3.05) is 11.3 Å². The lowest BCUT2D eigenvalue weighted by Crippen LogP contribution is -2.13. The van der Waals surface area contributed by atoms with E-state index in [2.05, 4.69) is 9.71 Å². The topological polar surface area (TPSA) is 106 Å². The lowest BCUT2D eigenvalue weighted by atomic mass is 10.1. The lowest BCUT2D eigenvalue weighted by Gasteiger charge is -2.12. The smallest absolute Gasteiger partial charge is 0.303 e.